The van der Waals surface area contributed by atoms with E-state index in [4.69, 9.17) is 4.74 Å². The lowest BCUT2D eigenvalue weighted by molar-refractivity contribution is 0.119. The third kappa shape index (κ3) is 5.94. The molecule has 0 saturated carbocycles. The molecule has 6 rings (SSSR count). The second-order valence-electron chi connectivity index (χ2n) is 10.3. The van der Waals surface area contributed by atoms with E-state index in [9.17, 15) is 0 Å². The molecule has 2 N–H and O–H groups in total. The summed E-state index contributed by atoms with van der Waals surface area (Å²) >= 11 is 0. The molecule has 0 fully saturated rings. The molecule has 5 nitrogen and oxygen atoms in total. The van der Waals surface area contributed by atoms with Crippen molar-refractivity contribution in [1.82, 2.24) is 19.9 Å². The number of imidazole rings is 2. The van der Waals surface area contributed by atoms with Crippen molar-refractivity contribution in [1.29, 1.82) is 0 Å². The van der Waals surface area contributed by atoms with Gasteiger partial charge in [-0.05, 0) is 58.4 Å². The van der Waals surface area contributed by atoms with Crippen LogP contribution in [0.1, 0.15) is 47.2 Å². The van der Waals surface area contributed by atoms with Gasteiger partial charge in [-0.1, -0.05) is 84.9 Å². The van der Waals surface area contributed by atoms with Crippen LogP contribution in [-0.2, 0) is 17.6 Å². The quantitative estimate of drug-likeness (QED) is 0.165. The van der Waals surface area contributed by atoms with Crippen molar-refractivity contribution in [2.24, 2.45) is 0 Å². The van der Waals surface area contributed by atoms with Crippen molar-refractivity contribution in [2.45, 2.75) is 37.5 Å². The van der Waals surface area contributed by atoms with Gasteiger partial charge in [0.15, 0.2) is 0 Å². The molecule has 0 aliphatic carbocycles. The molecule has 2 aromatic heterocycles. The van der Waals surface area contributed by atoms with Crippen molar-refractivity contribution >= 4 is 21.5 Å². The number of fused-ring (bicyclic) bond motifs is 2. The molecule has 196 valence electrons. The van der Waals surface area contributed by atoms with Gasteiger partial charge in [0.25, 0.3) is 0 Å². The van der Waals surface area contributed by atoms with E-state index in [0.29, 0.717) is 25.0 Å². The van der Waals surface area contributed by atoms with Gasteiger partial charge in [-0.3, -0.25) is 0 Å². The Morgan fingerprint density at radius 3 is 1.49 bits per heavy atom. The zero-order valence-electron chi connectivity index (χ0n) is 22.1. The van der Waals surface area contributed by atoms with Crippen LogP contribution in [0.5, 0.6) is 0 Å². The lowest BCUT2D eigenvalue weighted by Crippen LogP contribution is -2.11. The Morgan fingerprint density at radius 2 is 1.03 bits per heavy atom. The first-order valence-electron chi connectivity index (χ1n) is 13.8. The van der Waals surface area contributed by atoms with Crippen molar-refractivity contribution in [3.63, 3.8) is 0 Å². The van der Waals surface area contributed by atoms with Gasteiger partial charge in [-0.25, -0.2) is 9.97 Å². The molecule has 0 aliphatic rings. The van der Waals surface area contributed by atoms with Crippen LogP contribution in [0.4, 0.5) is 0 Å². The summed E-state index contributed by atoms with van der Waals surface area (Å²) in [6, 6.07) is 30.4. The molecule has 0 spiro atoms. The maximum atomic E-state index is 6.27. The number of rotatable bonds is 12. The van der Waals surface area contributed by atoms with Crippen molar-refractivity contribution in [2.75, 3.05) is 13.2 Å². The number of aromatic amines is 2. The molecule has 0 saturated heterocycles. The summed E-state index contributed by atoms with van der Waals surface area (Å²) in [6.07, 6.45) is 11.2. The summed E-state index contributed by atoms with van der Waals surface area (Å²) in [5, 5.41) is 5.21. The minimum absolute atomic E-state index is 0.317. The molecule has 5 heteroatoms. The summed E-state index contributed by atoms with van der Waals surface area (Å²) in [5.41, 5.74) is 5.06. The topological polar surface area (TPSA) is 66.6 Å². The van der Waals surface area contributed by atoms with Crippen molar-refractivity contribution in [3.8, 4) is 0 Å². The van der Waals surface area contributed by atoms with Crippen molar-refractivity contribution < 1.29 is 4.74 Å². The molecular weight excluding hydrogens is 480 g/mol. The van der Waals surface area contributed by atoms with Gasteiger partial charge in [0.05, 0.1) is 12.7 Å². The Labute approximate surface area is 229 Å². The highest BCUT2D eigenvalue weighted by Crippen LogP contribution is 2.29. The molecule has 2 heterocycles. The van der Waals surface area contributed by atoms with E-state index in [1.807, 2.05) is 12.4 Å². The van der Waals surface area contributed by atoms with E-state index >= 15 is 0 Å². The number of aromatic nitrogens is 4. The van der Waals surface area contributed by atoms with Gasteiger partial charge in [-0.2, -0.15) is 0 Å². The van der Waals surface area contributed by atoms with Crippen LogP contribution in [0, 0.1) is 0 Å². The predicted molar refractivity (Wildman–Crippen MR) is 158 cm³/mol. The smallest absolute Gasteiger partial charge is 0.0921 e. The fourth-order valence-corrected chi connectivity index (χ4v) is 5.74. The molecule has 2 atom stereocenters. The van der Waals surface area contributed by atoms with E-state index in [-0.39, 0.29) is 0 Å². The second kappa shape index (κ2) is 12.1. The van der Waals surface area contributed by atoms with E-state index in [0.717, 1.165) is 37.1 Å². The first kappa shape index (κ1) is 25.1. The molecule has 0 radical (unpaired) electrons. The number of ether oxygens (including phenoxy) is 1. The number of hydrogen-bond acceptors (Lipinski definition) is 3. The van der Waals surface area contributed by atoms with Gasteiger partial charge in [0.1, 0.15) is 0 Å². The van der Waals surface area contributed by atoms with Crippen LogP contribution in [0.25, 0.3) is 21.5 Å². The minimum atomic E-state index is 0.317. The first-order chi connectivity index (χ1) is 19.3. The highest BCUT2D eigenvalue weighted by Gasteiger charge is 2.18. The average Bonchev–Trinajstić information content (AvgIpc) is 3.71. The number of nitrogens with one attached hydrogen (secondary N) is 2. The fourth-order valence-electron chi connectivity index (χ4n) is 5.74. The normalized spacial score (nSPS) is 13.1. The molecule has 0 aliphatic heterocycles. The zero-order chi connectivity index (χ0) is 26.3. The summed E-state index contributed by atoms with van der Waals surface area (Å²) in [7, 11) is 0. The van der Waals surface area contributed by atoms with Gasteiger partial charge >= 0.3 is 0 Å². The molecule has 0 bridgehead atoms. The number of nitrogens with zero attached hydrogens (tertiary/aromatic N) is 2. The summed E-state index contributed by atoms with van der Waals surface area (Å²) in [6.45, 7) is 1.41. The predicted octanol–water partition coefficient (Wildman–Crippen LogP) is 7.59. The zero-order valence-corrected chi connectivity index (χ0v) is 22.1. The van der Waals surface area contributed by atoms with Crippen molar-refractivity contribution in [3.05, 3.63) is 132 Å². The minimum Gasteiger partial charge on any atom is -0.381 e. The molecular formula is C34H34N4O. The number of benzene rings is 4. The maximum absolute atomic E-state index is 6.27. The SMILES string of the molecule is c1ccc2c(CC(CCOCCC(Cc3cccc4ccccc34)c3cnc[nH]3)c3cnc[nH]3)cccc2c1. The molecule has 2 unspecified atom stereocenters. The molecule has 39 heavy (non-hydrogen) atoms. The Bertz CT molecular complexity index is 1480. The first-order valence-corrected chi connectivity index (χ1v) is 13.8. The number of H-pyrrole nitrogens is 2. The Kier molecular flexibility index (Phi) is 7.78. The number of hydrogen-bond donors (Lipinski definition) is 2. The van der Waals surface area contributed by atoms with Gasteiger partial charge < -0.3 is 14.7 Å². The fraction of sp³-hybridized carbons (Fsp3) is 0.235. The lowest BCUT2D eigenvalue weighted by atomic mass is 9.90. The summed E-state index contributed by atoms with van der Waals surface area (Å²) < 4.78 is 6.27. The molecule has 0 amide bonds. The third-order valence-corrected chi connectivity index (χ3v) is 7.83. The summed E-state index contributed by atoms with van der Waals surface area (Å²) in [5.74, 6) is 0.634. The largest absolute Gasteiger partial charge is 0.381 e. The highest BCUT2D eigenvalue weighted by atomic mass is 16.5. The Morgan fingerprint density at radius 1 is 0.564 bits per heavy atom. The van der Waals surface area contributed by atoms with Crippen LogP contribution < -0.4 is 0 Å². The van der Waals surface area contributed by atoms with Crippen LogP contribution in [0.15, 0.2) is 110 Å². The third-order valence-electron chi connectivity index (χ3n) is 7.83. The van der Waals surface area contributed by atoms with Crippen LogP contribution in [0.2, 0.25) is 0 Å². The van der Waals surface area contributed by atoms with Crippen LogP contribution in [0.3, 0.4) is 0 Å². The van der Waals surface area contributed by atoms with Gasteiger partial charge in [-0.15, -0.1) is 0 Å². The van der Waals surface area contributed by atoms with Gasteiger partial charge in [0.2, 0.25) is 0 Å². The van der Waals surface area contributed by atoms with E-state index < -0.39 is 0 Å². The maximum Gasteiger partial charge on any atom is 0.0921 e. The monoisotopic (exact) mass is 514 g/mol. The van der Waals surface area contributed by atoms with Crippen LogP contribution >= 0.6 is 0 Å². The summed E-state index contributed by atoms with van der Waals surface area (Å²) in [4.78, 5) is 15.3. The second-order valence-corrected chi connectivity index (χ2v) is 10.3. The van der Waals surface area contributed by atoms with E-state index in [1.54, 1.807) is 12.7 Å². The van der Waals surface area contributed by atoms with Crippen LogP contribution in [-0.4, -0.2) is 33.1 Å². The average molecular weight is 515 g/mol. The standard InChI is InChI=1S/C34H34N4O/c1-3-13-31-25(7-1)9-5-11-27(31)19-29(33-21-35-23-37-33)15-17-39-18-16-30(34-22-36-24-38-34)20-28-12-6-10-26-8-2-4-14-32(26)28/h1-14,21-24,29-30H,15-20H2,(H,35,37)(H,36,38). The Balaban J connectivity index is 1.10. The Hall–Kier alpha value is -4.22. The van der Waals surface area contributed by atoms with E-state index in [2.05, 4.69) is 105 Å². The molecule has 6 aromatic rings. The molecule has 4 aromatic carbocycles. The highest BCUT2D eigenvalue weighted by molar-refractivity contribution is 5.86. The van der Waals surface area contributed by atoms with E-state index in [1.165, 1.54) is 32.7 Å². The lowest BCUT2D eigenvalue weighted by Gasteiger charge is -2.19. The van der Waals surface area contributed by atoms with Gasteiger partial charge in [0, 0.05) is 48.8 Å².